The summed E-state index contributed by atoms with van der Waals surface area (Å²) >= 11 is 5.77. The Hall–Kier alpha value is -2.28. The van der Waals surface area contributed by atoms with E-state index in [9.17, 15) is 14.4 Å². The Bertz CT molecular complexity index is 643. The lowest BCUT2D eigenvalue weighted by atomic mass is 10.1. The maximum absolute atomic E-state index is 12.8. The van der Waals surface area contributed by atoms with Crippen LogP contribution in [0.25, 0.3) is 0 Å². The van der Waals surface area contributed by atoms with Crippen LogP contribution in [-0.2, 0) is 9.53 Å². The summed E-state index contributed by atoms with van der Waals surface area (Å²) in [7, 11) is 0. The van der Waals surface area contributed by atoms with Gasteiger partial charge in [0.05, 0.1) is 17.9 Å². The highest BCUT2D eigenvalue weighted by atomic mass is 35.5. The van der Waals surface area contributed by atoms with Crippen molar-refractivity contribution in [3.8, 4) is 0 Å². The van der Waals surface area contributed by atoms with Gasteiger partial charge in [-0.1, -0.05) is 12.1 Å². The van der Waals surface area contributed by atoms with Crippen LogP contribution in [0.2, 0.25) is 0 Å². The van der Waals surface area contributed by atoms with Crippen molar-refractivity contribution < 1.29 is 19.1 Å². The van der Waals surface area contributed by atoms with E-state index >= 15 is 0 Å². The van der Waals surface area contributed by atoms with E-state index in [1.54, 1.807) is 47.9 Å². The Kier molecular flexibility index (Phi) is 6.64. The normalized spacial score (nSPS) is 15.5. The smallest absolute Gasteiger partial charge is 0.409 e. The number of amides is 3. The van der Waals surface area contributed by atoms with E-state index in [2.05, 4.69) is 5.32 Å². The van der Waals surface area contributed by atoms with Gasteiger partial charge >= 0.3 is 6.09 Å². The molecule has 1 aliphatic heterocycles. The van der Waals surface area contributed by atoms with Crippen LogP contribution in [0.4, 0.5) is 10.5 Å². The first-order valence-electron chi connectivity index (χ1n) is 8.19. The van der Waals surface area contributed by atoms with Crippen molar-refractivity contribution in [2.75, 3.05) is 38.1 Å². The van der Waals surface area contributed by atoms with E-state index in [1.807, 2.05) is 0 Å². The number of para-hydroxylation sites is 1. The van der Waals surface area contributed by atoms with Gasteiger partial charge in [-0.3, -0.25) is 9.59 Å². The average molecular weight is 368 g/mol. The largest absolute Gasteiger partial charge is 0.450 e. The number of piperazine rings is 1. The summed E-state index contributed by atoms with van der Waals surface area (Å²) in [4.78, 5) is 39.6. The Morgan fingerprint density at radius 1 is 1.16 bits per heavy atom. The monoisotopic (exact) mass is 367 g/mol. The van der Waals surface area contributed by atoms with Crippen molar-refractivity contribution >= 4 is 35.2 Å². The minimum Gasteiger partial charge on any atom is -0.450 e. The van der Waals surface area contributed by atoms with Crippen LogP contribution >= 0.6 is 11.6 Å². The molecule has 1 aromatic carbocycles. The van der Waals surface area contributed by atoms with Gasteiger partial charge in [-0.05, 0) is 26.0 Å². The quantitative estimate of drug-likeness (QED) is 0.827. The zero-order valence-corrected chi connectivity index (χ0v) is 15.1. The highest BCUT2D eigenvalue weighted by molar-refractivity contribution is 6.32. The minimum absolute atomic E-state index is 0.193. The molecule has 1 N–H and O–H groups in total. The molecule has 8 heteroatoms. The third-order valence-corrected chi connectivity index (χ3v) is 4.07. The van der Waals surface area contributed by atoms with Gasteiger partial charge in [0.25, 0.3) is 5.91 Å². The standard InChI is InChI=1S/C17H22ClN3O4/c1-3-25-17(24)21-10-8-20(9-11-21)16(23)13-6-4-5-7-14(13)19-15(22)12(2)18/h4-7,12H,3,8-11H2,1-2H3,(H,19,22)/t12-/m1/s1. The van der Waals surface area contributed by atoms with Gasteiger partial charge in [-0.15, -0.1) is 11.6 Å². The lowest BCUT2D eigenvalue weighted by molar-refractivity contribution is -0.115. The number of nitrogens with zero attached hydrogens (tertiary/aromatic N) is 2. The maximum Gasteiger partial charge on any atom is 0.409 e. The van der Waals surface area contributed by atoms with Crippen LogP contribution < -0.4 is 5.32 Å². The molecule has 136 valence electrons. The molecule has 0 aliphatic carbocycles. The number of ether oxygens (including phenoxy) is 1. The molecule has 0 spiro atoms. The number of carbonyl (C=O) groups is 3. The molecule has 25 heavy (non-hydrogen) atoms. The molecule has 1 aliphatic rings. The fourth-order valence-corrected chi connectivity index (χ4v) is 2.54. The molecule has 0 unspecified atom stereocenters. The van der Waals surface area contributed by atoms with Crippen LogP contribution in [0.1, 0.15) is 24.2 Å². The second kappa shape index (κ2) is 8.71. The lowest BCUT2D eigenvalue weighted by Gasteiger charge is -2.34. The summed E-state index contributed by atoms with van der Waals surface area (Å²) in [6.07, 6.45) is -0.363. The predicted octanol–water partition coefficient (Wildman–Crippen LogP) is 2.17. The van der Waals surface area contributed by atoms with Crippen LogP contribution in [-0.4, -0.2) is 65.9 Å². The van der Waals surface area contributed by atoms with Crippen LogP contribution in [0, 0.1) is 0 Å². The average Bonchev–Trinajstić information content (AvgIpc) is 2.62. The van der Waals surface area contributed by atoms with Gasteiger partial charge in [0.1, 0.15) is 5.38 Å². The molecule has 1 atom stereocenters. The molecular formula is C17H22ClN3O4. The first-order chi connectivity index (χ1) is 11.9. The summed E-state index contributed by atoms with van der Waals surface area (Å²) < 4.78 is 4.97. The van der Waals surface area contributed by atoms with Gasteiger partial charge in [0, 0.05) is 26.2 Å². The fourth-order valence-electron chi connectivity index (χ4n) is 2.49. The van der Waals surface area contributed by atoms with Gasteiger partial charge in [0.15, 0.2) is 0 Å². The van der Waals surface area contributed by atoms with E-state index in [1.165, 1.54) is 0 Å². The van der Waals surface area contributed by atoms with Crippen LogP contribution in [0.3, 0.4) is 0 Å². The number of anilines is 1. The zero-order valence-electron chi connectivity index (χ0n) is 14.3. The van der Waals surface area contributed by atoms with Crippen molar-refractivity contribution in [3.05, 3.63) is 29.8 Å². The summed E-state index contributed by atoms with van der Waals surface area (Å²) in [5, 5.41) is 1.97. The molecule has 0 aromatic heterocycles. The highest BCUT2D eigenvalue weighted by Gasteiger charge is 2.27. The summed E-state index contributed by atoms with van der Waals surface area (Å²) in [5.41, 5.74) is 0.829. The first kappa shape index (κ1) is 19.1. The van der Waals surface area contributed by atoms with Crippen molar-refractivity contribution in [1.82, 2.24) is 9.80 Å². The summed E-state index contributed by atoms with van der Waals surface area (Å²) in [6, 6.07) is 6.81. The van der Waals surface area contributed by atoms with E-state index in [0.717, 1.165) is 0 Å². The molecule has 1 fully saturated rings. The van der Waals surface area contributed by atoms with Crippen molar-refractivity contribution in [2.24, 2.45) is 0 Å². The number of nitrogens with one attached hydrogen (secondary N) is 1. The molecule has 0 saturated carbocycles. The Labute approximate surface area is 151 Å². The third-order valence-electron chi connectivity index (χ3n) is 3.87. The molecule has 1 heterocycles. The second-order valence-electron chi connectivity index (χ2n) is 5.63. The molecule has 1 saturated heterocycles. The van der Waals surface area contributed by atoms with Gasteiger partial charge < -0.3 is 19.9 Å². The lowest BCUT2D eigenvalue weighted by Crippen LogP contribution is -2.50. The molecule has 3 amide bonds. The summed E-state index contributed by atoms with van der Waals surface area (Å²) in [6.45, 7) is 5.29. The molecule has 0 radical (unpaired) electrons. The molecule has 0 bridgehead atoms. The molecule has 2 rings (SSSR count). The van der Waals surface area contributed by atoms with Crippen LogP contribution in [0.5, 0.6) is 0 Å². The number of hydrogen-bond acceptors (Lipinski definition) is 4. The number of rotatable bonds is 4. The highest BCUT2D eigenvalue weighted by Crippen LogP contribution is 2.19. The van der Waals surface area contributed by atoms with E-state index in [0.29, 0.717) is 44.0 Å². The van der Waals surface area contributed by atoms with Crippen molar-refractivity contribution in [1.29, 1.82) is 0 Å². The van der Waals surface area contributed by atoms with E-state index in [4.69, 9.17) is 16.3 Å². The summed E-state index contributed by atoms with van der Waals surface area (Å²) in [5.74, 6) is -0.560. The maximum atomic E-state index is 12.8. The van der Waals surface area contributed by atoms with Gasteiger partial charge in [-0.2, -0.15) is 0 Å². The number of alkyl halides is 1. The Morgan fingerprint density at radius 3 is 2.36 bits per heavy atom. The number of benzene rings is 1. The van der Waals surface area contributed by atoms with Crippen molar-refractivity contribution in [3.63, 3.8) is 0 Å². The molecule has 7 nitrogen and oxygen atoms in total. The van der Waals surface area contributed by atoms with Crippen molar-refractivity contribution in [2.45, 2.75) is 19.2 Å². The number of halogens is 1. The van der Waals surface area contributed by atoms with E-state index < -0.39 is 5.38 Å². The Balaban J connectivity index is 2.04. The van der Waals surface area contributed by atoms with Gasteiger partial charge in [0.2, 0.25) is 5.91 Å². The molecule has 1 aromatic rings. The number of carbonyl (C=O) groups excluding carboxylic acids is 3. The van der Waals surface area contributed by atoms with E-state index in [-0.39, 0.29) is 17.9 Å². The number of hydrogen-bond donors (Lipinski definition) is 1. The molecular weight excluding hydrogens is 346 g/mol. The first-order valence-corrected chi connectivity index (χ1v) is 8.62. The zero-order chi connectivity index (χ0) is 18.4. The second-order valence-corrected chi connectivity index (χ2v) is 6.28. The minimum atomic E-state index is -0.698. The SMILES string of the molecule is CCOC(=O)N1CCN(C(=O)c2ccccc2NC(=O)[C@@H](C)Cl)CC1. The predicted molar refractivity (Wildman–Crippen MR) is 94.9 cm³/mol. The third kappa shape index (κ3) is 4.85. The topological polar surface area (TPSA) is 79.0 Å². The van der Waals surface area contributed by atoms with Gasteiger partial charge in [-0.25, -0.2) is 4.79 Å². The Morgan fingerprint density at radius 2 is 1.76 bits per heavy atom. The van der Waals surface area contributed by atoms with Crippen LogP contribution in [0.15, 0.2) is 24.3 Å². The fraction of sp³-hybridized carbons (Fsp3) is 0.471.